The largest absolute Gasteiger partial charge is 0.381 e. The van der Waals surface area contributed by atoms with E-state index in [1.165, 1.54) is 12.1 Å². The van der Waals surface area contributed by atoms with Gasteiger partial charge in [-0.25, -0.2) is 4.39 Å². The zero-order valence-corrected chi connectivity index (χ0v) is 12.1. The van der Waals surface area contributed by atoms with E-state index in [4.69, 9.17) is 4.74 Å². The van der Waals surface area contributed by atoms with Crippen molar-refractivity contribution in [1.29, 1.82) is 0 Å². The summed E-state index contributed by atoms with van der Waals surface area (Å²) in [6, 6.07) is 9.74. The molecule has 0 bridgehead atoms. The first-order chi connectivity index (χ1) is 10.7. The molecule has 1 amide bonds. The van der Waals surface area contributed by atoms with E-state index in [9.17, 15) is 9.18 Å². The van der Waals surface area contributed by atoms with Crippen LogP contribution in [0.5, 0.6) is 0 Å². The van der Waals surface area contributed by atoms with Crippen LogP contribution in [0.4, 0.5) is 10.1 Å². The number of nitrogens with one attached hydrogen (secondary N) is 1. The van der Waals surface area contributed by atoms with Gasteiger partial charge in [0.2, 0.25) is 5.91 Å². The van der Waals surface area contributed by atoms with Crippen LogP contribution >= 0.6 is 0 Å². The lowest BCUT2D eigenvalue weighted by Gasteiger charge is -2.36. The van der Waals surface area contributed by atoms with Crippen LogP contribution in [-0.4, -0.2) is 24.1 Å². The normalized spacial score (nSPS) is 17.0. The summed E-state index contributed by atoms with van der Waals surface area (Å²) in [6.07, 6.45) is 4.31. The minimum Gasteiger partial charge on any atom is -0.381 e. The topological polar surface area (TPSA) is 51.2 Å². The van der Waals surface area contributed by atoms with Crippen molar-refractivity contribution >= 4 is 11.6 Å². The molecule has 0 spiro atoms. The second-order valence-electron chi connectivity index (χ2n) is 5.39. The molecule has 1 aliphatic heterocycles. The van der Waals surface area contributed by atoms with Gasteiger partial charge in [0.1, 0.15) is 5.82 Å². The molecule has 0 saturated carbocycles. The van der Waals surface area contributed by atoms with E-state index >= 15 is 0 Å². The van der Waals surface area contributed by atoms with Crippen molar-refractivity contribution in [2.24, 2.45) is 0 Å². The fourth-order valence-electron chi connectivity index (χ4n) is 2.84. The van der Waals surface area contributed by atoms with Crippen molar-refractivity contribution in [2.45, 2.75) is 18.3 Å². The van der Waals surface area contributed by atoms with E-state index in [0.717, 1.165) is 0 Å². The van der Waals surface area contributed by atoms with Gasteiger partial charge in [0.15, 0.2) is 0 Å². The van der Waals surface area contributed by atoms with Gasteiger partial charge in [-0.2, -0.15) is 0 Å². The first kappa shape index (κ1) is 14.7. The number of pyridine rings is 1. The Bertz CT molecular complexity index is 655. The summed E-state index contributed by atoms with van der Waals surface area (Å²) in [6.45, 7) is 0.973. The number of carbonyl (C=O) groups excluding carboxylic acids is 1. The number of ether oxygens (including phenoxy) is 1. The summed E-state index contributed by atoms with van der Waals surface area (Å²) < 4.78 is 19.0. The van der Waals surface area contributed by atoms with E-state index in [1.54, 1.807) is 36.7 Å². The van der Waals surface area contributed by atoms with Crippen LogP contribution in [0.3, 0.4) is 0 Å². The maximum atomic E-state index is 13.6. The fraction of sp³-hybridized carbons (Fsp3) is 0.294. The summed E-state index contributed by atoms with van der Waals surface area (Å²) in [5, 5.41) is 2.91. The molecule has 22 heavy (non-hydrogen) atoms. The molecule has 5 heteroatoms. The van der Waals surface area contributed by atoms with E-state index in [1.807, 2.05) is 0 Å². The molecule has 114 valence electrons. The molecule has 1 N–H and O–H groups in total. The van der Waals surface area contributed by atoms with Gasteiger partial charge in [-0.05, 0) is 42.7 Å². The second-order valence-corrected chi connectivity index (χ2v) is 5.39. The average molecular weight is 300 g/mol. The Labute approximate surface area is 128 Å². The third-order valence-electron chi connectivity index (χ3n) is 4.10. The molecule has 4 nitrogen and oxygen atoms in total. The predicted octanol–water partition coefficient (Wildman–Crippen LogP) is 2.91. The van der Waals surface area contributed by atoms with Gasteiger partial charge in [0.05, 0.1) is 5.41 Å². The minimum absolute atomic E-state index is 0.132. The smallest absolute Gasteiger partial charge is 0.235 e. The Hall–Kier alpha value is -2.27. The van der Waals surface area contributed by atoms with Gasteiger partial charge in [0, 0.05) is 31.3 Å². The first-order valence-corrected chi connectivity index (χ1v) is 7.26. The zero-order chi connectivity index (χ0) is 15.4. The molecular weight excluding hydrogens is 283 g/mol. The van der Waals surface area contributed by atoms with E-state index in [0.29, 0.717) is 37.3 Å². The van der Waals surface area contributed by atoms with Gasteiger partial charge in [-0.15, -0.1) is 0 Å². The van der Waals surface area contributed by atoms with E-state index in [2.05, 4.69) is 10.3 Å². The van der Waals surface area contributed by atoms with Gasteiger partial charge < -0.3 is 10.1 Å². The van der Waals surface area contributed by atoms with Gasteiger partial charge in [0.25, 0.3) is 0 Å². The van der Waals surface area contributed by atoms with Crippen LogP contribution in [0, 0.1) is 5.82 Å². The molecule has 0 atom stereocenters. The Balaban J connectivity index is 1.93. The minimum atomic E-state index is -0.760. The van der Waals surface area contributed by atoms with Crippen molar-refractivity contribution in [3.8, 4) is 0 Å². The number of benzene rings is 1. The lowest BCUT2D eigenvalue weighted by atomic mass is 9.73. The standard InChI is InChI=1S/C17H17FN2O2/c18-14-3-1-2-13(12-14)17(6-10-22-11-7-17)16(21)20-15-4-8-19-9-5-15/h1-5,8-9,12H,6-7,10-11H2,(H,19,20,21). The summed E-state index contributed by atoms with van der Waals surface area (Å²) >= 11 is 0. The number of hydrogen-bond acceptors (Lipinski definition) is 3. The fourth-order valence-corrected chi connectivity index (χ4v) is 2.84. The highest BCUT2D eigenvalue weighted by molar-refractivity contribution is 5.99. The van der Waals surface area contributed by atoms with Gasteiger partial charge >= 0.3 is 0 Å². The van der Waals surface area contributed by atoms with Crippen molar-refractivity contribution < 1.29 is 13.9 Å². The number of rotatable bonds is 3. The third kappa shape index (κ3) is 2.85. The number of halogens is 1. The van der Waals surface area contributed by atoms with Crippen molar-refractivity contribution in [1.82, 2.24) is 4.98 Å². The molecule has 0 aliphatic carbocycles. The molecule has 1 aromatic carbocycles. The molecular formula is C17H17FN2O2. The van der Waals surface area contributed by atoms with E-state index < -0.39 is 5.41 Å². The van der Waals surface area contributed by atoms with Gasteiger partial charge in [-0.1, -0.05) is 12.1 Å². The molecule has 1 saturated heterocycles. The maximum Gasteiger partial charge on any atom is 0.235 e. The quantitative estimate of drug-likeness (QED) is 0.948. The number of amides is 1. The highest BCUT2D eigenvalue weighted by Gasteiger charge is 2.41. The van der Waals surface area contributed by atoms with E-state index in [-0.39, 0.29) is 11.7 Å². The Kier molecular flexibility index (Phi) is 4.15. The monoisotopic (exact) mass is 300 g/mol. The van der Waals surface area contributed by atoms with Crippen LogP contribution in [0.2, 0.25) is 0 Å². The number of aromatic nitrogens is 1. The molecule has 0 radical (unpaired) electrons. The number of nitrogens with zero attached hydrogens (tertiary/aromatic N) is 1. The lowest BCUT2D eigenvalue weighted by molar-refractivity contribution is -0.125. The SMILES string of the molecule is O=C(Nc1ccncc1)C1(c2cccc(F)c2)CCOCC1. The molecule has 2 aromatic rings. The molecule has 3 rings (SSSR count). The average Bonchev–Trinajstić information content (AvgIpc) is 2.56. The molecule has 1 fully saturated rings. The van der Waals surface area contributed by atoms with Crippen LogP contribution < -0.4 is 5.32 Å². The Morgan fingerprint density at radius 3 is 2.59 bits per heavy atom. The third-order valence-corrected chi connectivity index (χ3v) is 4.10. The predicted molar refractivity (Wildman–Crippen MR) is 81.0 cm³/mol. The summed E-state index contributed by atoms with van der Waals surface area (Å²) in [5.74, 6) is -0.465. The van der Waals surface area contributed by atoms with Crippen molar-refractivity contribution in [2.75, 3.05) is 18.5 Å². The zero-order valence-electron chi connectivity index (χ0n) is 12.1. The number of carbonyl (C=O) groups is 1. The number of hydrogen-bond donors (Lipinski definition) is 1. The molecule has 2 heterocycles. The summed E-state index contributed by atoms with van der Waals surface area (Å²) in [5.41, 5.74) is 0.619. The van der Waals surface area contributed by atoms with Gasteiger partial charge in [-0.3, -0.25) is 9.78 Å². The lowest BCUT2D eigenvalue weighted by Crippen LogP contribution is -2.44. The Morgan fingerprint density at radius 2 is 1.91 bits per heavy atom. The van der Waals surface area contributed by atoms with Crippen LogP contribution in [0.15, 0.2) is 48.8 Å². The maximum absolute atomic E-state index is 13.6. The van der Waals surface area contributed by atoms with Crippen molar-refractivity contribution in [3.63, 3.8) is 0 Å². The second kappa shape index (κ2) is 6.23. The van der Waals surface area contributed by atoms with Crippen LogP contribution in [0.1, 0.15) is 18.4 Å². The highest BCUT2D eigenvalue weighted by atomic mass is 19.1. The highest BCUT2D eigenvalue weighted by Crippen LogP contribution is 2.36. The molecule has 0 unspecified atom stereocenters. The van der Waals surface area contributed by atoms with Crippen LogP contribution in [-0.2, 0) is 14.9 Å². The molecule has 1 aliphatic rings. The van der Waals surface area contributed by atoms with Crippen molar-refractivity contribution in [3.05, 3.63) is 60.2 Å². The Morgan fingerprint density at radius 1 is 1.18 bits per heavy atom. The summed E-state index contributed by atoms with van der Waals surface area (Å²) in [7, 11) is 0. The summed E-state index contributed by atoms with van der Waals surface area (Å²) in [4.78, 5) is 16.8. The molecule has 1 aromatic heterocycles. The first-order valence-electron chi connectivity index (χ1n) is 7.26. The van der Waals surface area contributed by atoms with Crippen LogP contribution in [0.25, 0.3) is 0 Å². The number of anilines is 1.